The van der Waals surface area contributed by atoms with Gasteiger partial charge in [0.05, 0.1) is 11.9 Å². The van der Waals surface area contributed by atoms with Crippen LogP contribution in [0.2, 0.25) is 5.02 Å². The van der Waals surface area contributed by atoms with Crippen LogP contribution in [0.3, 0.4) is 0 Å². The number of carbonyl (C=O) groups is 2. The minimum Gasteiger partial charge on any atom is -0.354 e. The standard InChI is InChI=1S/C26H36ClN3O4S/c1-5-6-16-28-26(32)21(3)29(19-22-10-7-9-20(2)18-22)25(31)11-8-17-30(35(4,33)34)24-14-12-23(27)13-15-24/h7,9-10,12-15,18,21H,5-6,8,11,16-17,19H2,1-4H3,(H,28,32)/t21-/m1/s1. The minimum atomic E-state index is -3.54. The molecule has 2 rings (SSSR count). The van der Waals surface area contributed by atoms with E-state index in [2.05, 4.69) is 5.32 Å². The summed E-state index contributed by atoms with van der Waals surface area (Å²) in [4.78, 5) is 27.6. The Morgan fingerprint density at radius 2 is 1.77 bits per heavy atom. The zero-order chi connectivity index (χ0) is 26.0. The minimum absolute atomic E-state index is 0.109. The monoisotopic (exact) mass is 521 g/mol. The molecule has 35 heavy (non-hydrogen) atoms. The van der Waals surface area contributed by atoms with Crippen LogP contribution < -0.4 is 9.62 Å². The first-order valence-corrected chi connectivity index (χ1v) is 14.1. The highest BCUT2D eigenvalue weighted by atomic mass is 35.5. The van der Waals surface area contributed by atoms with Crippen molar-refractivity contribution in [2.75, 3.05) is 23.7 Å². The summed E-state index contributed by atoms with van der Waals surface area (Å²) in [6.45, 7) is 6.76. The first-order valence-electron chi connectivity index (χ1n) is 11.9. The number of aryl methyl sites for hydroxylation is 1. The van der Waals surface area contributed by atoms with Crippen molar-refractivity contribution < 1.29 is 18.0 Å². The second-order valence-electron chi connectivity index (χ2n) is 8.75. The van der Waals surface area contributed by atoms with Gasteiger partial charge in [-0.2, -0.15) is 0 Å². The number of hydrogen-bond acceptors (Lipinski definition) is 4. The number of nitrogens with one attached hydrogen (secondary N) is 1. The first kappa shape index (κ1) is 28.7. The number of unbranched alkanes of at least 4 members (excludes halogenated alkanes) is 1. The fourth-order valence-corrected chi connectivity index (χ4v) is 4.83. The van der Waals surface area contributed by atoms with E-state index >= 15 is 0 Å². The largest absolute Gasteiger partial charge is 0.354 e. The lowest BCUT2D eigenvalue weighted by Crippen LogP contribution is -2.48. The number of carbonyl (C=O) groups excluding carboxylic acids is 2. The topological polar surface area (TPSA) is 86.8 Å². The van der Waals surface area contributed by atoms with Crippen LogP contribution >= 0.6 is 11.6 Å². The number of rotatable bonds is 13. The predicted octanol–water partition coefficient (Wildman–Crippen LogP) is 4.53. The molecule has 0 bridgehead atoms. The quantitative estimate of drug-likeness (QED) is 0.392. The van der Waals surface area contributed by atoms with Gasteiger partial charge in [-0.3, -0.25) is 13.9 Å². The second kappa shape index (κ2) is 13.5. The van der Waals surface area contributed by atoms with Gasteiger partial charge in [0.25, 0.3) is 0 Å². The highest BCUT2D eigenvalue weighted by molar-refractivity contribution is 7.92. The number of hydrogen-bond donors (Lipinski definition) is 1. The van der Waals surface area contributed by atoms with Crippen LogP contribution in [0.5, 0.6) is 0 Å². The molecule has 0 radical (unpaired) electrons. The van der Waals surface area contributed by atoms with E-state index < -0.39 is 16.1 Å². The number of nitrogens with zero attached hydrogens (tertiary/aromatic N) is 2. The lowest BCUT2D eigenvalue weighted by atomic mass is 10.1. The zero-order valence-corrected chi connectivity index (χ0v) is 22.5. The molecule has 0 aliphatic carbocycles. The van der Waals surface area contributed by atoms with Gasteiger partial charge in [0.15, 0.2) is 0 Å². The van der Waals surface area contributed by atoms with Gasteiger partial charge in [-0.15, -0.1) is 0 Å². The van der Waals surface area contributed by atoms with E-state index in [-0.39, 0.29) is 24.8 Å². The zero-order valence-electron chi connectivity index (χ0n) is 21.0. The van der Waals surface area contributed by atoms with Crippen molar-refractivity contribution in [3.63, 3.8) is 0 Å². The Bertz CT molecular complexity index is 1090. The van der Waals surface area contributed by atoms with Crippen molar-refractivity contribution in [2.24, 2.45) is 0 Å². The van der Waals surface area contributed by atoms with Gasteiger partial charge in [-0.25, -0.2) is 8.42 Å². The maximum absolute atomic E-state index is 13.3. The van der Waals surface area contributed by atoms with E-state index in [9.17, 15) is 18.0 Å². The van der Waals surface area contributed by atoms with Crippen molar-refractivity contribution in [1.82, 2.24) is 10.2 Å². The molecule has 2 aromatic rings. The molecular weight excluding hydrogens is 486 g/mol. The van der Waals surface area contributed by atoms with E-state index in [1.54, 1.807) is 36.1 Å². The van der Waals surface area contributed by atoms with Gasteiger partial charge in [0.1, 0.15) is 6.04 Å². The number of sulfonamides is 1. The molecule has 1 N–H and O–H groups in total. The molecule has 1 atom stereocenters. The highest BCUT2D eigenvalue weighted by Gasteiger charge is 2.26. The average molecular weight is 522 g/mol. The molecule has 0 heterocycles. The Morgan fingerprint density at radius 1 is 1.09 bits per heavy atom. The summed E-state index contributed by atoms with van der Waals surface area (Å²) in [5.74, 6) is -0.396. The summed E-state index contributed by atoms with van der Waals surface area (Å²) >= 11 is 5.93. The van der Waals surface area contributed by atoms with Crippen LogP contribution in [0.4, 0.5) is 5.69 Å². The molecule has 0 saturated heterocycles. The Balaban J connectivity index is 2.13. The van der Waals surface area contributed by atoms with E-state index in [1.807, 2.05) is 38.1 Å². The second-order valence-corrected chi connectivity index (χ2v) is 11.1. The van der Waals surface area contributed by atoms with Crippen molar-refractivity contribution in [1.29, 1.82) is 0 Å². The van der Waals surface area contributed by atoms with Crippen molar-refractivity contribution >= 4 is 39.1 Å². The van der Waals surface area contributed by atoms with Gasteiger partial charge >= 0.3 is 0 Å². The van der Waals surface area contributed by atoms with Crippen molar-refractivity contribution in [2.45, 2.75) is 59.0 Å². The molecule has 7 nitrogen and oxygen atoms in total. The maximum atomic E-state index is 13.3. The molecule has 0 spiro atoms. The van der Waals surface area contributed by atoms with E-state index in [0.717, 1.165) is 30.2 Å². The van der Waals surface area contributed by atoms with Crippen LogP contribution in [0.25, 0.3) is 0 Å². The fourth-order valence-electron chi connectivity index (χ4n) is 3.74. The molecule has 9 heteroatoms. The Hall–Kier alpha value is -2.58. The third kappa shape index (κ3) is 9.18. The lowest BCUT2D eigenvalue weighted by Gasteiger charge is -2.29. The third-order valence-electron chi connectivity index (χ3n) is 5.70. The third-order valence-corrected chi connectivity index (χ3v) is 7.15. The molecule has 0 fully saturated rings. The summed E-state index contributed by atoms with van der Waals surface area (Å²) in [6.07, 6.45) is 3.39. The van der Waals surface area contributed by atoms with Gasteiger partial charge in [0, 0.05) is 31.1 Å². The van der Waals surface area contributed by atoms with Crippen LogP contribution in [-0.2, 0) is 26.2 Å². The number of amides is 2. The van der Waals surface area contributed by atoms with Gasteiger partial charge in [-0.05, 0) is 56.5 Å². The lowest BCUT2D eigenvalue weighted by molar-refractivity contribution is -0.140. The number of anilines is 1. The summed E-state index contributed by atoms with van der Waals surface area (Å²) in [5.41, 5.74) is 2.50. The van der Waals surface area contributed by atoms with Crippen LogP contribution in [-0.4, -0.2) is 50.5 Å². The summed E-state index contributed by atoms with van der Waals surface area (Å²) in [6, 6.07) is 13.7. The predicted molar refractivity (Wildman–Crippen MR) is 142 cm³/mol. The Kier molecular flexibility index (Phi) is 11.0. The van der Waals surface area contributed by atoms with Gasteiger partial charge in [-0.1, -0.05) is 54.8 Å². The molecule has 2 aromatic carbocycles. The van der Waals surface area contributed by atoms with Crippen molar-refractivity contribution in [3.05, 3.63) is 64.7 Å². The van der Waals surface area contributed by atoms with E-state index in [4.69, 9.17) is 11.6 Å². The molecule has 2 amide bonds. The highest BCUT2D eigenvalue weighted by Crippen LogP contribution is 2.21. The summed E-state index contributed by atoms with van der Waals surface area (Å²) < 4.78 is 26.0. The molecule has 0 saturated carbocycles. The normalized spacial score (nSPS) is 12.1. The van der Waals surface area contributed by atoms with Crippen molar-refractivity contribution in [3.8, 4) is 0 Å². The molecule has 0 aliphatic heterocycles. The molecule has 0 unspecified atom stereocenters. The van der Waals surface area contributed by atoms with Crippen LogP contribution in [0.15, 0.2) is 48.5 Å². The molecule has 0 aromatic heterocycles. The van der Waals surface area contributed by atoms with Crippen LogP contribution in [0.1, 0.15) is 50.7 Å². The smallest absolute Gasteiger partial charge is 0.242 e. The average Bonchev–Trinajstić information content (AvgIpc) is 2.80. The number of halogens is 1. The molecule has 0 aliphatic rings. The maximum Gasteiger partial charge on any atom is 0.242 e. The SMILES string of the molecule is CCCCNC(=O)[C@@H](C)N(Cc1cccc(C)c1)C(=O)CCCN(c1ccc(Cl)cc1)S(C)(=O)=O. The molecule has 192 valence electrons. The first-order chi connectivity index (χ1) is 16.5. The summed E-state index contributed by atoms with van der Waals surface area (Å²) in [7, 11) is -3.54. The molecular formula is C26H36ClN3O4S. The van der Waals surface area contributed by atoms with E-state index in [0.29, 0.717) is 30.2 Å². The Morgan fingerprint density at radius 3 is 2.37 bits per heavy atom. The van der Waals surface area contributed by atoms with Gasteiger partial charge < -0.3 is 10.2 Å². The van der Waals surface area contributed by atoms with Crippen LogP contribution in [0, 0.1) is 6.92 Å². The summed E-state index contributed by atoms with van der Waals surface area (Å²) in [5, 5.41) is 3.41. The number of benzene rings is 2. The Labute approximate surface area is 214 Å². The van der Waals surface area contributed by atoms with Gasteiger partial charge in [0.2, 0.25) is 21.8 Å². The fraction of sp³-hybridized carbons (Fsp3) is 0.462. The van der Waals surface area contributed by atoms with E-state index in [1.165, 1.54) is 4.31 Å².